The first-order chi connectivity index (χ1) is 25.2. The molecule has 3 heterocycles. The minimum absolute atomic E-state index is 0.0301. The second-order valence-electron chi connectivity index (χ2n) is 16.9. The van der Waals surface area contributed by atoms with Crippen LogP contribution in [0.2, 0.25) is 18.1 Å². The monoisotopic (exact) mass is 785 g/mol. The van der Waals surface area contributed by atoms with Crippen molar-refractivity contribution in [2.75, 3.05) is 21.2 Å². The van der Waals surface area contributed by atoms with Gasteiger partial charge in [-0.1, -0.05) is 53.6 Å². The van der Waals surface area contributed by atoms with Crippen LogP contribution in [0.5, 0.6) is 0 Å². The van der Waals surface area contributed by atoms with E-state index >= 15 is 0 Å². The van der Waals surface area contributed by atoms with Crippen molar-refractivity contribution in [3.63, 3.8) is 0 Å². The van der Waals surface area contributed by atoms with E-state index in [4.69, 9.17) is 33.8 Å². The molecule has 15 heteroatoms. The third-order valence-corrected chi connectivity index (χ3v) is 17.9. The summed E-state index contributed by atoms with van der Waals surface area (Å²) >= 11 is 0. The number of hydrogen-bond acceptors (Lipinski definition) is 13. The van der Waals surface area contributed by atoms with Crippen LogP contribution in [0.25, 0.3) is 0 Å². The van der Waals surface area contributed by atoms with Crippen LogP contribution in [0.3, 0.4) is 0 Å². The van der Waals surface area contributed by atoms with Crippen molar-refractivity contribution < 1.29 is 52.8 Å². The van der Waals surface area contributed by atoms with Crippen LogP contribution in [0.1, 0.15) is 95.4 Å². The highest BCUT2D eigenvalue weighted by molar-refractivity contribution is 6.73. The Balaban J connectivity index is 2.22. The smallest absolute Gasteiger partial charge is 0.317 e. The van der Waals surface area contributed by atoms with Crippen LogP contribution in [0.15, 0.2) is 5.16 Å². The average Bonchev–Trinajstić information content (AvgIpc) is 3.42. The van der Waals surface area contributed by atoms with Crippen molar-refractivity contribution >= 4 is 31.9 Å². The first-order valence-electron chi connectivity index (χ1n) is 20.0. The van der Waals surface area contributed by atoms with E-state index in [1.54, 1.807) is 48.7 Å². The number of hydrogen-bond donors (Lipinski definition) is 3. The molecule has 0 aromatic carbocycles. The SMILES string of the molecule is CC[C@@H]1OC(=O)[C@H](C)[C@H](O)[C@H](C)[C@@H](OC2O[C@H](C)C[C@H](N(C)C)[C@H]2O[Si](CC)(CC)CC)[C@](C)(OC)C[C@@H](C)C(=O)[C@H](C)[C@H]2[C@H](/C(N)=N/O)C(=O)O[C@]21C. The molecule has 0 spiro atoms. The van der Waals surface area contributed by atoms with Crippen molar-refractivity contribution in [3.05, 3.63) is 0 Å². The molecule has 0 amide bonds. The van der Waals surface area contributed by atoms with Gasteiger partial charge in [-0.3, -0.25) is 14.4 Å². The van der Waals surface area contributed by atoms with Crippen molar-refractivity contribution in [2.24, 2.45) is 46.4 Å². The number of rotatable bonds is 11. The lowest BCUT2D eigenvalue weighted by Crippen LogP contribution is -2.62. The molecule has 0 radical (unpaired) electrons. The summed E-state index contributed by atoms with van der Waals surface area (Å²) in [6.45, 7) is 20.7. The van der Waals surface area contributed by atoms with Gasteiger partial charge in [0.05, 0.1) is 29.8 Å². The van der Waals surface area contributed by atoms with Crippen LogP contribution < -0.4 is 5.73 Å². The largest absolute Gasteiger partial charge is 0.458 e. The zero-order valence-corrected chi connectivity index (χ0v) is 36.3. The Morgan fingerprint density at radius 1 is 1.00 bits per heavy atom. The Morgan fingerprint density at radius 2 is 1.59 bits per heavy atom. The number of likely N-dealkylation sites (N-methyl/N-ethyl adjacent to an activating group) is 1. The fourth-order valence-corrected chi connectivity index (χ4v) is 12.4. The van der Waals surface area contributed by atoms with E-state index in [-0.39, 0.29) is 30.8 Å². The van der Waals surface area contributed by atoms with E-state index in [2.05, 4.69) is 30.8 Å². The minimum Gasteiger partial charge on any atom is -0.458 e. The Bertz CT molecular complexity index is 1320. The molecule has 3 rings (SSSR count). The number of ketones is 1. The molecule has 0 aromatic heterocycles. The maximum atomic E-state index is 14.6. The number of Topliss-reactive ketones (excluding diaryl/α,β-unsaturated/α-hetero) is 1. The van der Waals surface area contributed by atoms with Crippen molar-refractivity contribution in [2.45, 2.75) is 168 Å². The molecule has 312 valence electrons. The van der Waals surface area contributed by atoms with Gasteiger partial charge in [0.2, 0.25) is 0 Å². The third kappa shape index (κ3) is 9.02. The molecule has 3 saturated heterocycles. The van der Waals surface area contributed by atoms with Gasteiger partial charge in [0.25, 0.3) is 0 Å². The number of nitrogens with two attached hydrogens (primary N) is 1. The van der Waals surface area contributed by atoms with E-state index < -0.39 is 104 Å². The number of carbonyl (C=O) groups is 3. The van der Waals surface area contributed by atoms with Gasteiger partial charge in [0, 0.05) is 36.8 Å². The maximum absolute atomic E-state index is 14.6. The highest BCUT2D eigenvalue weighted by atomic mass is 28.4. The van der Waals surface area contributed by atoms with Gasteiger partial charge in [-0.2, -0.15) is 0 Å². The van der Waals surface area contributed by atoms with Crippen LogP contribution >= 0.6 is 0 Å². The summed E-state index contributed by atoms with van der Waals surface area (Å²) < 4.78 is 39.2. The molecule has 54 heavy (non-hydrogen) atoms. The maximum Gasteiger partial charge on any atom is 0.317 e. The minimum atomic E-state index is -2.19. The second-order valence-corrected chi connectivity index (χ2v) is 21.6. The summed E-state index contributed by atoms with van der Waals surface area (Å²) in [6, 6.07) is 2.75. The molecule has 1 unspecified atom stereocenters. The standard InChI is InChI=1S/C39H71N3O11Si/c1-15-27-39(11)29(28(34(40)41-47)36(46)52-39)23(7)30(43)21(5)20-38(10,48-14)33(24(8)31(44)25(9)35(45)50-27)51-37-32(53-54(16-2,17-3)18-4)26(42(12)13)19-22(6)49-37/h21-29,31-33,37,44,47H,15-20H2,1-14H3,(H2,40,41)/t21-,22-,23-,24+,25-,26+,27+,28-,29+,31-,32-,33-,37?,38-,39+/m1/s1. The summed E-state index contributed by atoms with van der Waals surface area (Å²) in [7, 11) is 3.41. The topological polar surface area (TPSA) is 189 Å². The van der Waals surface area contributed by atoms with Crippen molar-refractivity contribution in [3.8, 4) is 0 Å². The summed E-state index contributed by atoms with van der Waals surface area (Å²) in [6.07, 6.45) is -3.59. The van der Waals surface area contributed by atoms with Gasteiger partial charge >= 0.3 is 11.9 Å². The van der Waals surface area contributed by atoms with Crippen LogP contribution in [-0.2, 0) is 42.5 Å². The van der Waals surface area contributed by atoms with Gasteiger partial charge in [-0.25, -0.2) is 0 Å². The lowest BCUT2D eigenvalue weighted by atomic mass is 9.67. The Kier molecular flexibility index (Phi) is 15.8. The lowest BCUT2D eigenvalue weighted by Gasteiger charge is -2.50. The normalized spacial score (nSPS) is 42.0. The molecule has 0 saturated carbocycles. The lowest BCUT2D eigenvalue weighted by molar-refractivity contribution is -0.298. The molecule has 3 fully saturated rings. The number of nitrogens with zero attached hydrogens (tertiary/aromatic N) is 2. The molecule has 0 aromatic rings. The first-order valence-corrected chi connectivity index (χ1v) is 22.5. The molecule has 4 N–H and O–H groups in total. The number of aliphatic hydroxyl groups is 1. The van der Waals surface area contributed by atoms with E-state index in [1.165, 1.54) is 0 Å². The summed E-state index contributed by atoms with van der Waals surface area (Å²) in [4.78, 5) is 44.1. The molecule has 3 aliphatic rings. The summed E-state index contributed by atoms with van der Waals surface area (Å²) in [5.74, 6) is -7.64. The number of cyclic esters (lactones) is 1. The highest BCUT2D eigenvalue weighted by Gasteiger charge is 2.63. The van der Waals surface area contributed by atoms with Crippen molar-refractivity contribution in [1.29, 1.82) is 0 Å². The number of esters is 2. The van der Waals surface area contributed by atoms with Gasteiger partial charge in [0.1, 0.15) is 23.9 Å². The average molecular weight is 786 g/mol. The van der Waals surface area contributed by atoms with Gasteiger partial charge in [-0.05, 0) is 79.2 Å². The van der Waals surface area contributed by atoms with Crippen LogP contribution in [-0.4, -0.2) is 122 Å². The molecular formula is C39H71N3O11Si. The molecular weight excluding hydrogens is 715 g/mol. The number of oxime groups is 1. The molecule has 15 atom stereocenters. The predicted octanol–water partition coefficient (Wildman–Crippen LogP) is 4.73. The number of carbonyl (C=O) groups excluding carboxylic acids is 3. The molecule has 0 aliphatic carbocycles. The number of ether oxygens (including phenoxy) is 5. The van der Waals surface area contributed by atoms with E-state index in [0.717, 1.165) is 24.6 Å². The van der Waals surface area contributed by atoms with Gasteiger partial charge in [0.15, 0.2) is 26.0 Å². The number of aliphatic hydroxyl groups excluding tert-OH is 1. The fraction of sp³-hybridized carbons (Fsp3) is 0.897. The van der Waals surface area contributed by atoms with Crippen LogP contribution in [0, 0.1) is 35.5 Å². The quantitative estimate of drug-likeness (QED) is 0.0652. The highest BCUT2D eigenvalue weighted by Crippen LogP contribution is 2.48. The zero-order valence-electron chi connectivity index (χ0n) is 35.3. The van der Waals surface area contributed by atoms with Crippen LogP contribution in [0.4, 0.5) is 0 Å². The number of amidine groups is 1. The number of fused-ring (bicyclic) bond motifs is 1. The Morgan fingerprint density at radius 3 is 2.09 bits per heavy atom. The number of methoxy groups -OCH3 is 1. The Labute approximate surface area is 324 Å². The van der Waals surface area contributed by atoms with Gasteiger partial charge < -0.3 is 49.1 Å². The Hall–Kier alpha value is -2.14. The van der Waals surface area contributed by atoms with E-state index in [9.17, 15) is 24.7 Å². The van der Waals surface area contributed by atoms with Crippen molar-refractivity contribution in [1.82, 2.24) is 4.90 Å². The zero-order chi connectivity index (χ0) is 41.1. The third-order valence-electron chi connectivity index (χ3n) is 13.3. The molecule has 3 aliphatic heterocycles. The molecule has 14 nitrogen and oxygen atoms in total. The summed E-state index contributed by atoms with van der Waals surface area (Å²) in [5.41, 5.74) is 3.37. The summed E-state index contributed by atoms with van der Waals surface area (Å²) in [5, 5.41) is 24.9. The van der Waals surface area contributed by atoms with Gasteiger partial charge in [-0.15, -0.1) is 0 Å². The predicted molar refractivity (Wildman–Crippen MR) is 206 cm³/mol. The fourth-order valence-electron chi connectivity index (χ4n) is 9.56. The first kappa shape index (κ1) is 46.2. The second kappa shape index (κ2) is 18.4. The molecule has 0 bridgehead atoms. The van der Waals surface area contributed by atoms with E-state index in [0.29, 0.717) is 0 Å². The van der Waals surface area contributed by atoms with E-state index in [1.807, 2.05) is 27.9 Å².